The number of nitrogens with zero attached hydrogens (tertiary/aromatic N) is 6. The molecule has 1 amide bonds. The molecule has 0 saturated carbocycles. The second kappa shape index (κ2) is 8.46. The third kappa shape index (κ3) is 4.24. The van der Waals surface area contributed by atoms with Gasteiger partial charge in [-0.2, -0.15) is 9.61 Å². The molecule has 0 bridgehead atoms. The number of benzene rings is 2. The Bertz CT molecular complexity index is 1520. The highest BCUT2D eigenvalue weighted by Crippen LogP contribution is 2.21. The van der Waals surface area contributed by atoms with E-state index in [-0.39, 0.29) is 18.0 Å². The van der Waals surface area contributed by atoms with Gasteiger partial charge < -0.3 is 5.32 Å². The van der Waals surface area contributed by atoms with Gasteiger partial charge in [-0.3, -0.25) is 14.2 Å². The molecule has 33 heavy (non-hydrogen) atoms. The van der Waals surface area contributed by atoms with Gasteiger partial charge in [0.15, 0.2) is 11.5 Å². The third-order valence-corrected chi connectivity index (χ3v) is 5.12. The molecule has 0 saturated heterocycles. The Hall–Kier alpha value is -4.66. The van der Waals surface area contributed by atoms with E-state index >= 15 is 0 Å². The fraction of sp³-hybridized carbons (Fsp3) is 0.0833. The molecule has 162 valence electrons. The highest BCUT2D eigenvalue weighted by molar-refractivity contribution is 5.91. The first-order chi connectivity index (χ1) is 16.1. The molecule has 0 aliphatic rings. The molecule has 5 aromatic rings. The van der Waals surface area contributed by atoms with E-state index in [1.165, 1.54) is 17.0 Å². The molecule has 0 radical (unpaired) electrons. The van der Waals surface area contributed by atoms with Gasteiger partial charge >= 0.3 is 0 Å². The van der Waals surface area contributed by atoms with Crippen molar-refractivity contribution in [2.24, 2.45) is 0 Å². The van der Waals surface area contributed by atoms with Gasteiger partial charge in [-0.1, -0.05) is 42.5 Å². The van der Waals surface area contributed by atoms with Gasteiger partial charge in [0.1, 0.15) is 6.54 Å². The van der Waals surface area contributed by atoms with E-state index in [1.54, 1.807) is 10.6 Å². The van der Waals surface area contributed by atoms with Gasteiger partial charge in [-0.15, -0.1) is 10.2 Å². The van der Waals surface area contributed by atoms with Crippen LogP contribution in [-0.2, 0) is 11.3 Å². The van der Waals surface area contributed by atoms with Crippen LogP contribution in [-0.4, -0.2) is 35.3 Å². The molecule has 0 atom stereocenters. The number of anilines is 1. The topological polar surface area (TPSA) is 107 Å². The molecule has 3 aromatic heterocycles. The summed E-state index contributed by atoms with van der Waals surface area (Å²) in [6.45, 7) is 1.69. The molecule has 2 aromatic carbocycles. The van der Waals surface area contributed by atoms with Gasteiger partial charge in [-0.05, 0) is 31.2 Å². The van der Waals surface area contributed by atoms with Crippen LogP contribution in [0.5, 0.6) is 0 Å². The van der Waals surface area contributed by atoms with Crippen LogP contribution in [0.1, 0.15) is 5.82 Å². The summed E-state index contributed by atoms with van der Waals surface area (Å²) >= 11 is 0. The summed E-state index contributed by atoms with van der Waals surface area (Å²) in [6.07, 6.45) is 1.39. The second-order valence-electron chi connectivity index (χ2n) is 7.47. The van der Waals surface area contributed by atoms with E-state index in [4.69, 9.17) is 0 Å². The van der Waals surface area contributed by atoms with Gasteiger partial charge in [0.05, 0.1) is 17.7 Å². The predicted molar refractivity (Wildman–Crippen MR) is 124 cm³/mol. The van der Waals surface area contributed by atoms with E-state index in [1.807, 2.05) is 67.6 Å². The molecule has 9 heteroatoms. The fourth-order valence-electron chi connectivity index (χ4n) is 3.47. The minimum absolute atomic E-state index is 0.144. The molecule has 9 nitrogen and oxygen atoms in total. The quantitative estimate of drug-likeness (QED) is 0.453. The highest BCUT2D eigenvalue weighted by atomic mass is 16.2. The lowest BCUT2D eigenvalue weighted by Gasteiger charge is -2.09. The lowest BCUT2D eigenvalue weighted by Crippen LogP contribution is -2.27. The number of carbonyl (C=O) groups excluding carboxylic acids is 1. The SMILES string of the molecule is Cc1nnc2ccc(-c3cccc(NC(=O)Cn4cnc(-c5ccccc5)cc4=O)c3)nn12. The van der Waals surface area contributed by atoms with E-state index in [0.29, 0.717) is 22.9 Å². The summed E-state index contributed by atoms with van der Waals surface area (Å²) < 4.78 is 2.94. The highest BCUT2D eigenvalue weighted by Gasteiger charge is 2.10. The molecule has 5 rings (SSSR count). The number of aryl methyl sites for hydroxylation is 1. The Labute approximate surface area is 188 Å². The third-order valence-electron chi connectivity index (χ3n) is 5.12. The van der Waals surface area contributed by atoms with Crippen LogP contribution in [0.4, 0.5) is 5.69 Å². The van der Waals surface area contributed by atoms with Crippen molar-refractivity contribution in [3.05, 3.63) is 95.3 Å². The standard InChI is InChI=1S/C24H19N7O2/c1-16-27-28-22-11-10-20(29-31(16)22)18-8-5-9-19(12-18)26-23(32)14-30-15-25-21(13-24(30)33)17-6-3-2-4-7-17/h2-13,15H,14H2,1H3,(H,26,32). The maximum atomic E-state index is 12.6. The van der Waals surface area contributed by atoms with Crippen molar-refractivity contribution in [3.63, 3.8) is 0 Å². The Morgan fingerprint density at radius 1 is 0.909 bits per heavy atom. The number of hydrogen-bond acceptors (Lipinski definition) is 6. The zero-order chi connectivity index (χ0) is 22.8. The lowest BCUT2D eigenvalue weighted by atomic mass is 10.1. The van der Waals surface area contributed by atoms with Crippen LogP contribution < -0.4 is 10.9 Å². The Morgan fingerprint density at radius 2 is 1.73 bits per heavy atom. The number of hydrogen-bond donors (Lipinski definition) is 1. The van der Waals surface area contributed by atoms with E-state index in [0.717, 1.165) is 16.8 Å². The first-order valence-corrected chi connectivity index (χ1v) is 10.3. The Kier molecular flexibility index (Phi) is 5.19. The van der Waals surface area contributed by atoms with Crippen LogP contribution >= 0.6 is 0 Å². The van der Waals surface area contributed by atoms with Crippen molar-refractivity contribution < 1.29 is 4.79 Å². The number of aromatic nitrogens is 6. The molecule has 0 aliphatic heterocycles. The number of fused-ring (bicyclic) bond motifs is 1. The fourth-order valence-corrected chi connectivity index (χ4v) is 3.47. The van der Waals surface area contributed by atoms with Crippen molar-refractivity contribution in [1.82, 2.24) is 29.4 Å². The molecule has 0 unspecified atom stereocenters. The largest absolute Gasteiger partial charge is 0.325 e. The summed E-state index contributed by atoms with van der Waals surface area (Å²) in [6, 6.07) is 21.9. The molecule has 0 spiro atoms. The number of nitrogens with one attached hydrogen (secondary N) is 1. The van der Waals surface area contributed by atoms with Crippen molar-refractivity contribution in [2.75, 3.05) is 5.32 Å². The number of amides is 1. The van der Waals surface area contributed by atoms with Gasteiger partial charge in [0, 0.05) is 22.9 Å². The van der Waals surface area contributed by atoms with Crippen molar-refractivity contribution in [2.45, 2.75) is 13.5 Å². The zero-order valence-corrected chi connectivity index (χ0v) is 17.7. The number of carbonyl (C=O) groups is 1. The number of rotatable bonds is 5. The Balaban J connectivity index is 1.32. The first-order valence-electron chi connectivity index (χ1n) is 10.3. The molecule has 3 heterocycles. The normalized spacial score (nSPS) is 10.9. The van der Waals surface area contributed by atoms with Gasteiger partial charge in [0.25, 0.3) is 5.56 Å². The summed E-state index contributed by atoms with van der Waals surface area (Å²) in [5, 5.41) is 15.5. The van der Waals surface area contributed by atoms with Crippen molar-refractivity contribution in [1.29, 1.82) is 0 Å². The summed E-state index contributed by atoms with van der Waals surface area (Å²) in [7, 11) is 0. The average molecular weight is 437 g/mol. The maximum absolute atomic E-state index is 12.6. The Morgan fingerprint density at radius 3 is 2.55 bits per heavy atom. The van der Waals surface area contributed by atoms with Crippen molar-refractivity contribution in [3.8, 4) is 22.5 Å². The smallest absolute Gasteiger partial charge is 0.254 e. The second-order valence-corrected chi connectivity index (χ2v) is 7.47. The van der Waals surface area contributed by atoms with Crippen LogP contribution in [0.3, 0.4) is 0 Å². The molecule has 0 aliphatic carbocycles. The van der Waals surface area contributed by atoms with E-state index in [9.17, 15) is 9.59 Å². The molecular weight excluding hydrogens is 418 g/mol. The van der Waals surface area contributed by atoms with Crippen LogP contribution in [0.2, 0.25) is 0 Å². The maximum Gasteiger partial charge on any atom is 0.254 e. The van der Waals surface area contributed by atoms with Crippen LogP contribution in [0, 0.1) is 6.92 Å². The van der Waals surface area contributed by atoms with E-state index in [2.05, 4.69) is 25.6 Å². The van der Waals surface area contributed by atoms with Gasteiger partial charge in [-0.25, -0.2) is 4.98 Å². The molecular formula is C24H19N7O2. The first kappa shape index (κ1) is 20.3. The summed E-state index contributed by atoms with van der Waals surface area (Å²) in [4.78, 5) is 29.4. The summed E-state index contributed by atoms with van der Waals surface area (Å²) in [5.41, 5.74) is 3.93. The zero-order valence-electron chi connectivity index (χ0n) is 17.7. The van der Waals surface area contributed by atoms with Crippen LogP contribution in [0.15, 0.2) is 83.9 Å². The average Bonchev–Trinajstić information content (AvgIpc) is 3.21. The predicted octanol–water partition coefficient (Wildman–Crippen LogP) is 2.96. The van der Waals surface area contributed by atoms with Crippen molar-refractivity contribution >= 4 is 17.2 Å². The monoisotopic (exact) mass is 437 g/mol. The lowest BCUT2D eigenvalue weighted by molar-refractivity contribution is -0.116. The minimum Gasteiger partial charge on any atom is -0.325 e. The molecule has 1 N–H and O–H groups in total. The summed E-state index contributed by atoms with van der Waals surface area (Å²) in [5.74, 6) is 0.357. The van der Waals surface area contributed by atoms with Gasteiger partial charge in [0.2, 0.25) is 5.91 Å². The van der Waals surface area contributed by atoms with E-state index < -0.39 is 0 Å². The minimum atomic E-state index is -0.332. The van der Waals surface area contributed by atoms with Crippen LogP contribution in [0.25, 0.3) is 28.2 Å². The molecule has 0 fully saturated rings.